The van der Waals surface area contributed by atoms with Gasteiger partial charge in [0.15, 0.2) is 5.11 Å². The molecule has 0 aliphatic heterocycles. The Labute approximate surface area is 141 Å². The summed E-state index contributed by atoms with van der Waals surface area (Å²) in [5, 5.41) is 5.92. The van der Waals surface area contributed by atoms with Crippen LogP contribution in [0.2, 0.25) is 0 Å². The highest BCUT2D eigenvalue weighted by Crippen LogP contribution is 2.13. The number of carbonyl (C=O) groups is 1. The summed E-state index contributed by atoms with van der Waals surface area (Å²) in [6.45, 7) is 4.72. The monoisotopic (exact) mass is 328 g/mol. The average molecular weight is 328 g/mol. The summed E-state index contributed by atoms with van der Waals surface area (Å²) in [7, 11) is 0. The first-order valence-corrected chi connectivity index (χ1v) is 7.91. The van der Waals surface area contributed by atoms with E-state index in [0.29, 0.717) is 12.2 Å². The lowest BCUT2D eigenvalue weighted by molar-refractivity contribution is 0.0977. The minimum Gasteiger partial charge on any atom is -0.494 e. The van der Waals surface area contributed by atoms with E-state index >= 15 is 0 Å². The Morgan fingerprint density at radius 2 is 1.74 bits per heavy atom. The molecule has 0 aromatic heterocycles. The predicted molar refractivity (Wildman–Crippen MR) is 97.1 cm³/mol. The summed E-state index contributed by atoms with van der Waals surface area (Å²) in [6, 6.07) is 14.8. The van der Waals surface area contributed by atoms with Crippen LogP contribution in [0.5, 0.6) is 5.75 Å². The zero-order chi connectivity index (χ0) is 16.7. The van der Waals surface area contributed by atoms with Crippen molar-refractivity contribution in [2.24, 2.45) is 0 Å². The minimum atomic E-state index is -0.253. The highest BCUT2D eigenvalue weighted by Gasteiger charge is 2.08. The topological polar surface area (TPSA) is 50.4 Å². The third-order valence-electron chi connectivity index (χ3n) is 3.13. The molecule has 23 heavy (non-hydrogen) atoms. The van der Waals surface area contributed by atoms with Crippen LogP contribution in [0.25, 0.3) is 0 Å². The molecule has 2 N–H and O–H groups in total. The van der Waals surface area contributed by atoms with Gasteiger partial charge in [-0.15, -0.1) is 0 Å². The molecule has 4 nitrogen and oxygen atoms in total. The quantitative estimate of drug-likeness (QED) is 0.817. The van der Waals surface area contributed by atoms with Crippen LogP contribution in [0.1, 0.15) is 29.3 Å². The summed E-state index contributed by atoms with van der Waals surface area (Å²) in [5.41, 5.74) is 2.53. The second kappa shape index (κ2) is 8.29. The SMILES string of the molecule is CCCOc1ccc(C(=O)NC(=S)Nc2ccc(C)cc2)cc1. The first-order chi connectivity index (χ1) is 11.1. The number of thiocarbonyl (C=S) groups is 1. The molecule has 0 fully saturated rings. The molecule has 0 aliphatic carbocycles. The summed E-state index contributed by atoms with van der Waals surface area (Å²) in [4.78, 5) is 12.1. The molecular formula is C18H20N2O2S. The Morgan fingerprint density at radius 1 is 1.09 bits per heavy atom. The van der Waals surface area contributed by atoms with E-state index < -0.39 is 0 Å². The van der Waals surface area contributed by atoms with Gasteiger partial charge in [-0.3, -0.25) is 10.1 Å². The minimum absolute atomic E-state index is 0.253. The molecule has 0 saturated heterocycles. The van der Waals surface area contributed by atoms with Crippen molar-refractivity contribution < 1.29 is 9.53 Å². The Hall–Kier alpha value is -2.40. The summed E-state index contributed by atoms with van der Waals surface area (Å²) in [5.74, 6) is 0.500. The third-order valence-corrected chi connectivity index (χ3v) is 3.33. The number of aryl methyl sites for hydroxylation is 1. The van der Waals surface area contributed by atoms with Crippen molar-refractivity contribution in [3.8, 4) is 5.75 Å². The lowest BCUT2D eigenvalue weighted by Crippen LogP contribution is -2.34. The fourth-order valence-corrected chi connectivity index (χ4v) is 2.11. The average Bonchev–Trinajstić information content (AvgIpc) is 2.55. The molecule has 2 rings (SSSR count). The van der Waals surface area contributed by atoms with Gasteiger partial charge in [-0.05, 0) is 62.0 Å². The molecule has 5 heteroatoms. The lowest BCUT2D eigenvalue weighted by atomic mass is 10.2. The number of carbonyl (C=O) groups excluding carboxylic acids is 1. The molecule has 1 amide bonds. The third kappa shape index (κ3) is 5.38. The Bertz CT molecular complexity index is 666. The van der Waals surface area contributed by atoms with Crippen LogP contribution >= 0.6 is 12.2 Å². The first-order valence-electron chi connectivity index (χ1n) is 7.50. The number of anilines is 1. The molecule has 0 bridgehead atoms. The van der Waals surface area contributed by atoms with E-state index in [1.807, 2.05) is 38.1 Å². The number of nitrogens with one attached hydrogen (secondary N) is 2. The molecular weight excluding hydrogens is 308 g/mol. The van der Waals surface area contributed by atoms with E-state index in [4.69, 9.17) is 17.0 Å². The summed E-state index contributed by atoms with van der Waals surface area (Å²) < 4.78 is 5.49. The maximum atomic E-state index is 12.1. The van der Waals surface area contributed by atoms with Crippen molar-refractivity contribution in [2.75, 3.05) is 11.9 Å². The molecule has 0 aliphatic rings. The number of benzene rings is 2. The van der Waals surface area contributed by atoms with Gasteiger partial charge in [0.25, 0.3) is 5.91 Å². The van der Waals surface area contributed by atoms with Crippen LogP contribution in [0.3, 0.4) is 0 Å². The van der Waals surface area contributed by atoms with Crippen LogP contribution in [0.4, 0.5) is 5.69 Å². The Kier molecular flexibility index (Phi) is 6.11. The van der Waals surface area contributed by atoms with E-state index in [9.17, 15) is 4.79 Å². The molecule has 120 valence electrons. The zero-order valence-corrected chi connectivity index (χ0v) is 14.1. The van der Waals surface area contributed by atoms with Crippen LogP contribution in [0.15, 0.2) is 48.5 Å². The maximum Gasteiger partial charge on any atom is 0.257 e. The predicted octanol–water partition coefficient (Wildman–Crippen LogP) is 3.91. The van der Waals surface area contributed by atoms with E-state index in [2.05, 4.69) is 10.6 Å². The van der Waals surface area contributed by atoms with Crippen LogP contribution in [-0.2, 0) is 0 Å². The molecule has 0 unspecified atom stereocenters. The molecule has 0 atom stereocenters. The van der Waals surface area contributed by atoms with Crippen molar-refractivity contribution in [1.29, 1.82) is 0 Å². The van der Waals surface area contributed by atoms with Gasteiger partial charge < -0.3 is 10.1 Å². The first kappa shape index (κ1) is 17.0. The second-order valence-electron chi connectivity index (χ2n) is 5.15. The van der Waals surface area contributed by atoms with Gasteiger partial charge in [0.2, 0.25) is 0 Å². The highest BCUT2D eigenvalue weighted by atomic mass is 32.1. The van der Waals surface area contributed by atoms with Crippen LogP contribution in [-0.4, -0.2) is 17.6 Å². The summed E-state index contributed by atoms with van der Waals surface area (Å²) >= 11 is 5.16. The molecule has 0 saturated carbocycles. The molecule has 2 aromatic rings. The maximum absolute atomic E-state index is 12.1. The number of amides is 1. The fraction of sp³-hybridized carbons (Fsp3) is 0.222. The van der Waals surface area contributed by atoms with Crippen molar-refractivity contribution in [3.05, 3.63) is 59.7 Å². The smallest absolute Gasteiger partial charge is 0.257 e. The Balaban J connectivity index is 1.90. The molecule has 0 spiro atoms. The van der Waals surface area contributed by atoms with Gasteiger partial charge in [0, 0.05) is 11.3 Å². The molecule has 0 radical (unpaired) electrons. The van der Waals surface area contributed by atoms with Crippen molar-refractivity contribution in [1.82, 2.24) is 5.32 Å². The lowest BCUT2D eigenvalue weighted by Gasteiger charge is -2.10. The van der Waals surface area contributed by atoms with E-state index in [1.54, 1.807) is 24.3 Å². The molecule has 2 aromatic carbocycles. The zero-order valence-electron chi connectivity index (χ0n) is 13.3. The highest BCUT2D eigenvalue weighted by molar-refractivity contribution is 7.80. The van der Waals surface area contributed by atoms with Crippen LogP contribution in [0, 0.1) is 6.92 Å². The van der Waals surface area contributed by atoms with Gasteiger partial charge in [0.1, 0.15) is 5.75 Å². The van der Waals surface area contributed by atoms with E-state index in [1.165, 1.54) is 0 Å². The van der Waals surface area contributed by atoms with Gasteiger partial charge in [-0.1, -0.05) is 24.6 Å². The second-order valence-corrected chi connectivity index (χ2v) is 5.56. The Morgan fingerprint density at radius 3 is 2.35 bits per heavy atom. The standard InChI is InChI=1S/C18H20N2O2S/c1-3-12-22-16-10-6-14(7-11-16)17(21)20-18(23)19-15-8-4-13(2)5-9-15/h4-11H,3,12H2,1-2H3,(H2,19,20,21,23). The van der Waals surface area contributed by atoms with Gasteiger partial charge >= 0.3 is 0 Å². The van der Waals surface area contributed by atoms with Crippen molar-refractivity contribution in [2.45, 2.75) is 20.3 Å². The number of hydrogen-bond donors (Lipinski definition) is 2. The van der Waals surface area contributed by atoms with Gasteiger partial charge in [-0.2, -0.15) is 0 Å². The largest absolute Gasteiger partial charge is 0.494 e. The van der Waals surface area contributed by atoms with Gasteiger partial charge in [-0.25, -0.2) is 0 Å². The number of hydrogen-bond acceptors (Lipinski definition) is 3. The fourth-order valence-electron chi connectivity index (χ4n) is 1.90. The number of ether oxygens (including phenoxy) is 1. The van der Waals surface area contributed by atoms with Crippen molar-refractivity contribution >= 4 is 28.9 Å². The summed E-state index contributed by atoms with van der Waals surface area (Å²) in [6.07, 6.45) is 0.946. The molecule has 0 heterocycles. The van der Waals surface area contributed by atoms with Crippen LogP contribution < -0.4 is 15.4 Å². The van der Waals surface area contributed by atoms with E-state index in [-0.39, 0.29) is 11.0 Å². The number of rotatable bonds is 5. The van der Waals surface area contributed by atoms with E-state index in [0.717, 1.165) is 23.4 Å². The normalized spacial score (nSPS) is 10.0. The van der Waals surface area contributed by atoms with Crippen molar-refractivity contribution in [3.63, 3.8) is 0 Å². The van der Waals surface area contributed by atoms with Gasteiger partial charge in [0.05, 0.1) is 6.61 Å².